The van der Waals surface area contributed by atoms with Crippen molar-refractivity contribution >= 4 is 5.69 Å². The molecular formula is C16H23FN2. The Bertz CT molecular complexity index is 442. The standard InChI is InChI=1S/C16H23FN2/c17-14-5-6-15(13(9-14)10-18)19-11-16(12-19)7-3-1-2-4-8-16/h5-6,9H,1-4,7-8,10-12,18H2. The molecule has 1 heterocycles. The minimum absolute atomic E-state index is 0.186. The van der Waals surface area contributed by atoms with E-state index in [-0.39, 0.29) is 5.82 Å². The van der Waals surface area contributed by atoms with E-state index in [0.717, 1.165) is 24.3 Å². The number of hydrogen-bond donors (Lipinski definition) is 1. The van der Waals surface area contributed by atoms with Gasteiger partial charge in [0.2, 0.25) is 0 Å². The van der Waals surface area contributed by atoms with Crippen molar-refractivity contribution in [3.05, 3.63) is 29.6 Å². The molecule has 2 aliphatic rings. The number of nitrogens with zero attached hydrogens (tertiary/aromatic N) is 1. The second kappa shape index (κ2) is 5.12. The van der Waals surface area contributed by atoms with Crippen LogP contribution in [0.15, 0.2) is 18.2 Å². The summed E-state index contributed by atoms with van der Waals surface area (Å²) in [5.41, 5.74) is 8.35. The molecule has 1 aromatic rings. The number of nitrogens with two attached hydrogens (primary N) is 1. The fraction of sp³-hybridized carbons (Fsp3) is 0.625. The Morgan fingerprint density at radius 2 is 1.79 bits per heavy atom. The lowest BCUT2D eigenvalue weighted by Crippen LogP contribution is -2.56. The Labute approximate surface area is 114 Å². The van der Waals surface area contributed by atoms with Crippen LogP contribution in [-0.2, 0) is 6.54 Å². The molecular weight excluding hydrogens is 239 g/mol. The highest BCUT2D eigenvalue weighted by Gasteiger charge is 2.42. The maximum Gasteiger partial charge on any atom is 0.123 e. The van der Waals surface area contributed by atoms with E-state index in [1.807, 2.05) is 6.07 Å². The van der Waals surface area contributed by atoms with Crippen molar-refractivity contribution in [1.29, 1.82) is 0 Å². The van der Waals surface area contributed by atoms with Crippen LogP contribution >= 0.6 is 0 Å². The van der Waals surface area contributed by atoms with Crippen molar-refractivity contribution in [2.45, 2.75) is 45.1 Å². The van der Waals surface area contributed by atoms with Crippen LogP contribution in [0.4, 0.5) is 10.1 Å². The molecule has 1 aromatic carbocycles. The Balaban J connectivity index is 1.73. The lowest BCUT2D eigenvalue weighted by atomic mass is 9.73. The van der Waals surface area contributed by atoms with Gasteiger partial charge < -0.3 is 10.6 Å². The molecule has 2 fully saturated rings. The molecule has 1 saturated carbocycles. The summed E-state index contributed by atoms with van der Waals surface area (Å²) in [6, 6.07) is 5.01. The topological polar surface area (TPSA) is 29.3 Å². The zero-order chi connectivity index (χ0) is 13.3. The summed E-state index contributed by atoms with van der Waals surface area (Å²) in [5.74, 6) is -0.186. The van der Waals surface area contributed by atoms with Gasteiger partial charge in [-0.3, -0.25) is 0 Å². The van der Waals surface area contributed by atoms with Crippen molar-refractivity contribution in [2.75, 3.05) is 18.0 Å². The van der Waals surface area contributed by atoms with E-state index in [0.29, 0.717) is 12.0 Å². The van der Waals surface area contributed by atoms with Crippen molar-refractivity contribution in [1.82, 2.24) is 0 Å². The van der Waals surface area contributed by atoms with Gasteiger partial charge in [0.1, 0.15) is 5.82 Å². The number of halogens is 1. The summed E-state index contributed by atoms with van der Waals surface area (Å²) in [6.07, 6.45) is 8.27. The Morgan fingerprint density at radius 3 is 2.42 bits per heavy atom. The second-order valence-corrected chi connectivity index (χ2v) is 6.25. The van der Waals surface area contributed by atoms with Crippen LogP contribution in [-0.4, -0.2) is 13.1 Å². The van der Waals surface area contributed by atoms with Gasteiger partial charge in [-0.1, -0.05) is 25.7 Å². The first-order valence-electron chi connectivity index (χ1n) is 7.46. The van der Waals surface area contributed by atoms with Crippen molar-refractivity contribution in [3.8, 4) is 0 Å². The summed E-state index contributed by atoms with van der Waals surface area (Å²) in [6.45, 7) is 2.67. The van der Waals surface area contributed by atoms with Crippen LogP contribution in [0.25, 0.3) is 0 Å². The predicted molar refractivity (Wildman–Crippen MR) is 76.6 cm³/mol. The summed E-state index contributed by atoms with van der Waals surface area (Å²) in [4.78, 5) is 2.38. The van der Waals surface area contributed by atoms with Crippen LogP contribution in [0.5, 0.6) is 0 Å². The van der Waals surface area contributed by atoms with Crippen LogP contribution in [0.3, 0.4) is 0 Å². The van der Waals surface area contributed by atoms with E-state index in [4.69, 9.17) is 5.73 Å². The minimum atomic E-state index is -0.186. The molecule has 0 radical (unpaired) electrons. The van der Waals surface area contributed by atoms with Crippen LogP contribution < -0.4 is 10.6 Å². The molecule has 1 aliphatic carbocycles. The molecule has 0 amide bonds. The molecule has 3 rings (SSSR count). The van der Waals surface area contributed by atoms with E-state index in [9.17, 15) is 4.39 Å². The van der Waals surface area contributed by atoms with E-state index >= 15 is 0 Å². The summed E-state index contributed by atoms with van der Waals surface area (Å²) < 4.78 is 13.2. The Hall–Kier alpha value is -1.09. The van der Waals surface area contributed by atoms with Gasteiger partial charge in [0.15, 0.2) is 0 Å². The summed E-state index contributed by atoms with van der Waals surface area (Å²) >= 11 is 0. The monoisotopic (exact) mass is 262 g/mol. The molecule has 0 unspecified atom stereocenters. The first-order valence-corrected chi connectivity index (χ1v) is 7.46. The first-order chi connectivity index (χ1) is 9.22. The third-order valence-electron chi connectivity index (χ3n) is 4.82. The van der Waals surface area contributed by atoms with Gasteiger partial charge in [-0.05, 0) is 36.6 Å². The van der Waals surface area contributed by atoms with Gasteiger partial charge in [0.05, 0.1) is 0 Å². The highest BCUT2D eigenvalue weighted by molar-refractivity contribution is 5.56. The third-order valence-corrected chi connectivity index (χ3v) is 4.82. The number of rotatable bonds is 2. The normalized spacial score (nSPS) is 22.1. The highest BCUT2D eigenvalue weighted by Crippen LogP contribution is 2.45. The molecule has 3 heteroatoms. The zero-order valence-electron chi connectivity index (χ0n) is 11.5. The quantitative estimate of drug-likeness (QED) is 0.884. The minimum Gasteiger partial charge on any atom is -0.370 e. The van der Waals surface area contributed by atoms with Crippen LogP contribution in [0.2, 0.25) is 0 Å². The molecule has 0 aromatic heterocycles. The molecule has 1 aliphatic heterocycles. The summed E-state index contributed by atoms with van der Waals surface area (Å²) in [7, 11) is 0. The Kier molecular flexibility index (Phi) is 3.48. The maximum atomic E-state index is 13.2. The predicted octanol–water partition coefficient (Wildman–Crippen LogP) is 3.45. The molecule has 1 spiro atoms. The molecule has 104 valence electrons. The lowest BCUT2D eigenvalue weighted by Gasteiger charge is -2.52. The fourth-order valence-corrected chi connectivity index (χ4v) is 3.75. The van der Waals surface area contributed by atoms with Gasteiger partial charge in [-0.2, -0.15) is 0 Å². The van der Waals surface area contributed by atoms with Gasteiger partial charge in [0.25, 0.3) is 0 Å². The highest BCUT2D eigenvalue weighted by atomic mass is 19.1. The van der Waals surface area contributed by atoms with Gasteiger partial charge in [-0.25, -0.2) is 4.39 Å². The van der Waals surface area contributed by atoms with Crippen molar-refractivity contribution in [3.63, 3.8) is 0 Å². The Morgan fingerprint density at radius 1 is 1.11 bits per heavy atom. The first kappa shape index (κ1) is 12.9. The van der Waals surface area contributed by atoms with E-state index < -0.39 is 0 Å². The number of hydrogen-bond acceptors (Lipinski definition) is 2. The molecule has 1 saturated heterocycles. The van der Waals surface area contributed by atoms with Gasteiger partial charge in [-0.15, -0.1) is 0 Å². The average Bonchev–Trinajstić information content (AvgIpc) is 2.63. The van der Waals surface area contributed by atoms with E-state index in [1.165, 1.54) is 38.5 Å². The zero-order valence-corrected chi connectivity index (χ0v) is 11.5. The number of anilines is 1. The molecule has 0 atom stereocenters. The van der Waals surface area contributed by atoms with Crippen LogP contribution in [0, 0.1) is 11.2 Å². The smallest absolute Gasteiger partial charge is 0.123 e. The van der Waals surface area contributed by atoms with Gasteiger partial charge >= 0.3 is 0 Å². The van der Waals surface area contributed by atoms with Crippen molar-refractivity contribution < 1.29 is 4.39 Å². The van der Waals surface area contributed by atoms with Crippen LogP contribution in [0.1, 0.15) is 44.1 Å². The fourth-order valence-electron chi connectivity index (χ4n) is 3.75. The summed E-state index contributed by atoms with van der Waals surface area (Å²) in [5, 5.41) is 0. The van der Waals surface area contributed by atoms with Crippen molar-refractivity contribution in [2.24, 2.45) is 11.1 Å². The van der Waals surface area contributed by atoms with Gasteiger partial charge in [0, 0.05) is 30.7 Å². The SMILES string of the molecule is NCc1cc(F)ccc1N1CC2(CCCCCC2)C1. The largest absolute Gasteiger partial charge is 0.370 e. The third kappa shape index (κ3) is 2.48. The van der Waals surface area contributed by atoms with E-state index in [1.54, 1.807) is 12.1 Å². The lowest BCUT2D eigenvalue weighted by molar-refractivity contribution is 0.180. The molecule has 0 bridgehead atoms. The molecule has 2 nitrogen and oxygen atoms in total. The second-order valence-electron chi connectivity index (χ2n) is 6.25. The molecule has 2 N–H and O–H groups in total. The number of benzene rings is 1. The van der Waals surface area contributed by atoms with E-state index in [2.05, 4.69) is 4.90 Å². The maximum absolute atomic E-state index is 13.2. The molecule has 19 heavy (non-hydrogen) atoms. The average molecular weight is 262 g/mol.